The molecule has 3 heterocycles. The SMILES string of the molecule is CC=Cc1ccc2n(c1=O)C[C@@H]1[C@@H](CO)[C@H](C(=O)NCC3CC3)[C@H]2N1Cc1ccccc1OC. The average Bonchev–Trinajstić information content (AvgIpc) is 3.65. The summed E-state index contributed by atoms with van der Waals surface area (Å²) in [4.78, 5) is 29.1. The Morgan fingerprint density at radius 3 is 2.74 bits per heavy atom. The highest BCUT2D eigenvalue weighted by atomic mass is 16.5. The van der Waals surface area contributed by atoms with Crippen molar-refractivity contribution in [1.29, 1.82) is 0 Å². The average molecular weight is 464 g/mol. The molecule has 7 nitrogen and oxygen atoms in total. The van der Waals surface area contributed by atoms with Gasteiger partial charge in [0, 0.05) is 55.0 Å². The van der Waals surface area contributed by atoms with E-state index in [4.69, 9.17) is 4.74 Å². The van der Waals surface area contributed by atoms with Gasteiger partial charge in [-0.1, -0.05) is 30.4 Å². The highest BCUT2D eigenvalue weighted by Gasteiger charge is 2.55. The molecule has 2 N–H and O–H groups in total. The molecule has 34 heavy (non-hydrogen) atoms. The van der Waals surface area contributed by atoms with Gasteiger partial charge in [0.15, 0.2) is 0 Å². The third-order valence-corrected chi connectivity index (χ3v) is 7.66. The first-order chi connectivity index (χ1) is 16.6. The van der Waals surface area contributed by atoms with Crippen LogP contribution in [0.15, 0.2) is 47.3 Å². The highest BCUT2D eigenvalue weighted by molar-refractivity contribution is 5.80. The first kappa shape index (κ1) is 22.9. The number of methoxy groups -OCH3 is 1. The summed E-state index contributed by atoms with van der Waals surface area (Å²) in [7, 11) is 1.66. The number of nitrogens with zero attached hydrogens (tertiary/aromatic N) is 2. The quantitative estimate of drug-likeness (QED) is 0.629. The summed E-state index contributed by atoms with van der Waals surface area (Å²) in [6.07, 6.45) is 6.00. The van der Waals surface area contributed by atoms with Crippen molar-refractivity contribution in [3.8, 4) is 5.75 Å². The number of nitrogens with one attached hydrogen (secondary N) is 1. The lowest BCUT2D eigenvalue weighted by Crippen LogP contribution is -2.46. The second-order valence-electron chi connectivity index (χ2n) is 9.69. The van der Waals surface area contributed by atoms with Crippen LogP contribution in [0.5, 0.6) is 5.75 Å². The molecular formula is C27H33N3O4. The number of hydrogen-bond donors (Lipinski definition) is 2. The molecule has 5 rings (SSSR count). The molecule has 1 saturated carbocycles. The van der Waals surface area contributed by atoms with Crippen LogP contribution in [0.2, 0.25) is 0 Å². The summed E-state index contributed by atoms with van der Waals surface area (Å²) in [6.45, 7) is 3.50. The third-order valence-electron chi connectivity index (χ3n) is 7.66. The van der Waals surface area contributed by atoms with Crippen molar-refractivity contribution in [3.63, 3.8) is 0 Å². The van der Waals surface area contributed by atoms with E-state index in [1.54, 1.807) is 7.11 Å². The van der Waals surface area contributed by atoms with Crippen LogP contribution in [0.3, 0.4) is 0 Å². The maximum Gasteiger partial charge on any atom is 0.258 e. The summed E-state index contributed by atoms with van der Waals surface area (Å²) >= 11 is 0. The van der Waals surface area contributed by atoms with Gasteiger partial charge < -0.3 is 19.7 Å². The fourth-order valence-corrected chi connectivity index (χ4v) is 5.78. The minimum atomic E-state index is -0.427. The molecule has 0 spiro atoms. The Kier molecular flexibility index (Phi) is 6.32. The molecule has 1 saturated heterocycles. The summed E-state index contributed by atoms with van der Waals surface area (Å²) < 4.78 is 7.41. The van der Waals surface area contributed by atoms with Gasteiger partial charge in [0.2, 0.25) is 5.91 Å². The summed E-state index contributed by atoms with van der Waals surface area (Å²) in [5.74, 6) is 0.651. The minimum Gasteiger partial charge on any atom is -0.496 e. The smallest absolute Gasteiger partial charge is 0.258 e. The fraction of sp³-hybridized carbons (Fsp3) is 0.481. The van der Waals surface area contributed by atoms with E-state index >= 15 is 0 Å². The monoisotopic (exact) mass is 463 g/mol. The van der Waals surface area contributed by atoms with E-state index in [1.807, 2.05) is 60.0 Å². The van der Waals surface area contributed by atoms with Gasteiger partial charge in [0.1, 0.15) is 5.75 Å². The molecule has 2 aromatic rings. The maximum atomic E-state index is 13.5. The third kappa shape index (κ3) is 3.97. The number of pyridine rings is 1. The Morgan fingerprint density at radius 1 is 1.24 bits per heavy atom. The first-order valence-corrected chi connectivity index (χ1v) is 12.2. The minimum absolute atomic E-state index is 0.0260. The van der Waals surface area contributed by atoms with Crippen molar-refractivity contribution in [2.75, 3.05) is 20.3 Å². The second kappa shape index (κ2) is 9.39. The molecule has 0 radical (unpaired) electrons. The van der Waals surface area contributed by atoms with Crippen LogP contribution in [0.4, 0.5) is 0 Å². The Balaban J connectivity index is 1.57. The van der Waals surface area contributed by atoms with E-state index in [-0.39, 0.29) is 36.1 Å². The Labute approximate surface area is 200 Å². The number of allylic oxidation sites excluding steroid dienone is 1. The lowest BCUT2D eigenvalue weighted by atomic mass is 9.86. The molecule has 180 valence electrons. The molecule has 1 aromatic heterocycles. The van der Waals surface area contributed by atoms with Crippen LogP contribution in [-0.4, -0.2) is 46.8 Å². The molecule has 1 amide bonds. The molecule has 2 bridgehead atoms. The van der Waals surface area contributed by atoms with Crippen molar-refractivity contribution in [2.24, 2.45) is 17.8 Å². The number of para-hydroxylation sites is 1. The zero-order valence-electron chi connectivity index (χ0n) is 19.8. The number of rotatable bonds is 8. The highest BCUT2D eigenvalue weighted by Crippen LogP contribution is 2.49. The lowest BCUT2D eigenvalue weighted by molar-refractivity contribution is -0.127. The molecule has 4 atom stereocenters. The molecule has 2 aliphatic heterocycles. The maximum absolute atomic E-state index is 13.5. The van der Waals surface area contributed by atoms with Gasteiger partial charge in [-0.25, -0.2) is 0 Å². The number of carbonyl (C=O) groups excluding carboxylic acids is 1. The zero-order chi connectivity index (χ0) is 23.8. The molecule has 1 aromatic carbocycles. The number of fused-ring (bicyclic) bond motifs is 4. The van der Waals surface area contributed by atoms with Gasteiger partial charge in [-0.15, -0.1) is 0 Å². The number of aliphatic hydroxyl groups is 1. The van der Waals surface area contributed by atoms with E-state index in [0.717, 1.165) is 29.8 Å². The molecular weight excluding hydrogens is 430 g/mol. The van der Waals surface area contributed by atoms with E-state index in [0.29, 0.717) is 31.1 Å². The number of aliphatic hydroxyl groups excluding tert-OH is 1. The number of carbonyl (C=O) groups is 1. The van der Waals surface area contributed by atoms with Crippen molar-refractivity contribution in [1.82, 2.24) is 14.8 Å². The van der Waals surface area contributed by atoms with Gasteiger partial charge in [-0.3, -0.25) is 14.5 Å². The largest absolute Gasteiger partial charge is 0.496 e. The summed E-state index contributed by atoms with van der Waals surface area (Å²) in [6, 6.07) is 11.3. The Bertz CT molecular complexity index is 1150. The van der Waals surface area contributed by atoms with E-state index in [9.17, 15) is 14.7 Å². The lowest BCUT2D eigenvalue weighted by Gasteiger charge is -2.38. The predicted octanol–water partition coefficient (Wildman–Crippen LogP) is 2.58. The summed E-state index contributed by atoms with van der Waals surface area (Å²) in [5, 5.41) is 13.6. The van der Waals surface area contributed by atoms with E-state index < -0.39 is 5.92 Å². The van der Waals surface area contributed by atoms with Gasteiger partial charge in [0.25, 0.3) is 5.56 Å². The van der Waals surface area contributed by atoms with Crippen LogP contribution in [0, 0.1) is 17.8 Å². The van der Waals surface area contributed by atoms with Crippen LogP contribution >= 0.6 is 0 Å². The van der Waals surface area contributed by atoms with Crippen molar-refractivity contribution in [2.45, 2.75) is 44.9 Å². The van der Waals surface area contributed by atoms with Crippen molar-refractivity contribution >= 4 is 12.0 Å². The number of hydrogen-bond acceptors (Lipinski definition) is 5. The van der Waals surface area contributed by atoms with Gasteiger partial charge in [0.05, 0.1) is 19.1 Å². The normalized spacial score (nSPS) is 26.0. The zero-order valence-corrected chi connectivity index (χ0v) is 19.8. The number of aromatic nitrogens is 1. The standard InChI is InChI=1S/C27H33N3O4/c1-3-6-18-11-12-21-25-24(26(32)28-13-17-9-10-17)20(16-31)22(15-30(21)27(18)33)29(25)14-19-7-4-5-8-23(19)34-2/h3-8,11-12,17,20,22,24-25,31H,9-10,13-16H2,1-2H3,(H,28,32)/t20-,22-,24+,25+/m1/s1. The van der Waals surface area contributed by atoms with Gasteiger partial charge in [-0.05, 0) is 43.9 Å². The van der Waals surface area contributed by atoms with Crippen LogP contribution in [-0.2, 0) is 17.9 Å². The van der Waals surface area contributed by atoms with E-state index in [1.165, 1.54) is 0 Å². The second-order valence-corrected chi connectivity index (χ2v) is 9.69. The predicted molar refractivity (Wildman–Crippen MR) is 130 cm³/mol. The molecule has 1 aliphatic carbocycles. The number of amides is 1. The molecule has 2 fully saturated rings. The van der Waals surface area contributed by atoms with E-state index in [2.05, 4.69) is 10.2 Å². The van der Waals surface area contributed by atoms with Crippen LogP contribution in [0.1, 0.15) is 42.6 Å². The van der Waals surface area contributed by atoms with Crippen molar-refractivity contribution < 1.29 is 14.6 Å². The summed E-state index contributed by atoms with van der Waals surface area (Å²) in [5.41, 5.74) is 2.46. The molecule has 3 aliphatic rings. The topological polar surface area (TPSA) is 83.8 Å². The van der Waals surface area contributed by atoms with Gasteiger partial charge in [-0.2, -0.15) is 0 Å². The fourth-order valence-electron chi connectivity index (χ4n) is 5.78. The number of benzene rings is 1. The van der Waals surface area contributed by atoms with Gasteiger partial charge >= 0.3 is 0 Å². The van der Waals surface area contributed by atoms with Crippen LogP contribution in [0.25, 0.3) is 6.08 Å². The first-order valence-electron chi connectivity index (χ1n) is 12.2. The Hall–Kier alpha value is -2.90. The number of ether oxygens (including phenoxy) is 1. The van der Waals surface area contributed by atoms with Crippen molar-refractivity contribution in [3.05, 3.63) is 69.6 Å². The Morgan fingerprint density at radius 2 is 2.03 bits per heavy atom. The van der Waals surface area contributed by atoms with Crippen LogP contribution < -0.4 is 15.6 Å². The molecule has 7 heteroatoms. The molecule has 0 unspecified atom stereocenters.